The van der Waals surface area contributed by atoms with Crippen LogP contribution < -0.4 is 10.5 Å². The van der Waals surface area contributed by atoms with Crippen LogP contribution in [0.3, 0.4) is 0 Å². The second kappa shape index (κ2) is 5.49. The summed E-state index contributed by atoms with van der Waals surface area (Å²) in [4.78, 5) is 4.09. The number of nitrogens with zero attached hydrogens (tertiary/aromatic N) is 3. The van der Waals surface area contributed by atoms with Crippen LogP contribution >= 0.6 is 0 Å². The molecule has 0 aliphatic carbocycles. The van der Waals surface area contributed by atoms with E-state index < -0.39 is 10.0 Å². The maximum Gasteiger partial charge on any atom is 0.234 e. The molecule has 108 valence electrons. The number of nitrogens with two attached hydrogens (primary N) is 1. The van der Waals surface area contributed by atoms with Gasteiger partial charge in [-0.25, -0.2) is 13.1 Å². The molecule has 20 heavy (non-hydrogen) atoms. The molecule has 0 saturated carbocycles. The van der Waals surface area contributed by atoms with E-state index in [1.54, 1.807) is 32.3 Å². The number of sulfonamides is 1. The van der Waals surface area contributed by atoms with Gasteiger partial charge in [-0.15, -0.1) is 0 Å². The van der Waals surface area contributed by atoms with Gasteiger partial charge in [-0.2, -0.15) is 5.10 Å². The van der Waals surface area contributed by atoms with Crippen LogP contribution in [0, 0.1) is 6.92 Å². The third-order valence-electron chi connectivity index (χ3n) is 2.87. The summed E-state index contributed by atoms with van der Waals surface area (Å²) < 4.78 is 28.0. The Labute approximate surface area is 117 Å². The molecule has 0 fully saturated rings. The van der Waals surface area contributed by atoms with Gasteiger partial charge in [0.05, 0.1) is 17.1 Å². The molecule has 8 heteroatoms. The van der Waals surface area contributed by atoms with Gasteiger partial charge in [-0.05, 0) is 19.1 Å². The van der Waals surface area contributed by atoms with Crippen molar-refractivity contribution in [3.05, 3.63) is 35.8 Å². The number of pyridine rings is 1. The van der Waals surface area contributed by atoms with Crippen molar-refractivity contribution >= 4 is 21.5 Å². The summed E-state index contributed by atoms with van der Waals surface area (Å²) >= 11 is 0. The quantitative estimate of drug-likeness (QED) is 0.844. The van der Waals surface area contributed by atoms with Crippen LogP contribution in [-0.2, 0) is 23.5 Å². The van der Waals surface area contributed by atoms with Gasteiger partial charge in [0.2, 0.25) is 10.0 Å². The number of nitrogen functional groups attached to an aromatic ring is 1. The highest BCUT2D eigenvalue weighted by Gasteiger charge is 2.17. The Hall–Kier alpha value is -2.09. The van der Waals surface area contributed by atoms with Gasteiger partial charge in [-0.1, -0.05) is 6.07 Å². The molecule has 0 unspecified atom stereocenters. The summed E-state index contributed by atoms with van der Waals surface area (Å²) in [5.41, 5.74) is 7.46. The molecule has 0 aliphatic heterocycles. The maximum atomic E-state index is 12.1. The van der Waals surface area contributed by atoms with Gasteiger partial charge in [0.25, 0.3) is 0 Å². The van der Waals surface area contributed by atoms with E-state index in [4.69, 9.17) is 5.73 Å². The fourth-order valence-electron chi connectivity index (χ4n) is 1.78. The summed E-state index contributed by atoms with van der Waals surface area (Å²) in [6.45, 7) is 1.72. The first kappa shape index (κ1) is 14.3. The van der Waals surface area contributed by atoms with Crippen LogP contribution in [0.25, 0.3) is 0 Å². The Morgan fingerprint density at radius 3 is 2.70 bits per heavy atom. The van der Waals surface area contributed by atoms with E-state index in [0.29, 0.717) is 23.6 Å². The predicted molar refractivity (Wildman–Crippen MR) is 77.7 cm³/mol. The fourth-order valence-corrected chi connectivity index (χ4v) is 2.90. The number of nitrogens with one attached hydrogen (secondary N) is 1. The van der Waals surface area contributed by atoms with Gasteiger partial charge < -0.3 is 5.73 Å². The Bertz CT molecular complexity index is 694. The second-order valence-electron chi connectivity index (χ2n) is 4.46. The maximum absolute atomic E-state index is 12.1. The second-order valence-corrected chi connectivity index (χ2v) is 6.31. The highest BCUT2D eigenvalue weighted by Crippen LogP contribution is 2.22. The Morgan fingerprint density at radius 1 is 1.40 bits per heavy atom. The first-order valence-corrected chi connectivity index (χ1v) is 7.74. The molecular formula is C12H17N5O2S. The molecule has 0 amide bonds. The molecule has 2 aromatic rings. The van der Waals surface area contributed by atoms with E-state index in [0.717, 1.165) is 5.69 Å². The standard InChI is InChI=1S/C12H17N5O2S/c1-9-11(13)12(17(2)15-9)16-20(18,19)8-6-10-5-3-4-7-14-10/h3-5,7,16H,6,8,13H2,1-2H3. The average Bonchev–Trinajstić information content (AvgIpc) is 2.64. The first-order valence-electron chi connectivity index (χ1n) is 6.08. The molecular weight excluding hydrogens is 278 g/mol. The highest BCUT2D eigenvalue weighted by molar-refractivity contribution is 7.92. The van der Waals surface area contributed by atoms with E-state index in [1.165, 1.54) is 4.68 Å². The number of aryl methyl sites for hydroxylation is 3. The first-order chi connectivity index (χ1) is 9.39. The molecule has 0 spiro atoms. The molecule has 0 saturated heterocycles. The van der Waals surface area contributed by atoms with Gasteiger partial charge in [-0.3, -0.25) is 9.71 Å². The monoisotopic (exact) mass is 295 g/mol. The topological polar surface area (TPSA) is 103 Å². The molecule has 0 radical (unpaired) electrons. The van der Waals surface area contributed by atoms with Gasteiger partial charge in [0, 0.05) is 25.4 Å². The zero-order valence-corrected chi connectivity index (χ0v) is 12.2. The van der Waals surface area contributed by atoms with Crippen molar-refractivity contribution in [3.8, 4) is 0 Å². The fraction of sp³-hybridized carbons (Fsp3) is 0.333. The highest BCUT2D eigenvalue weighted by atomic mass is 32.2. The zero-order chi connectivity index (χ0) is 14.8. The number of aromatic nitrogens is 3. The number of rotatable bonds is 5. The minimum absolute atomic E-state index is 0.0618. The molecule has 3 N–H and O–H groups in total. The Morgan fingerprint density at radius 2 is 2.15 bits per heavy atom. The number of hydrogen-bond acceptors (Lipinski definition) is 5. The summed E-state index contributed by atoms with van der Waals surface area (Å²) in [5.74, 6) is 0.233. The molecule has 2 aromatic heterocycles. The van der Waals surface area contributed by atoms with Crippen LogP contribution in [0.5, 0.6) is 0 Å². The SMILES string of the molecule is Cc1nn(C)c(NS(=O)(=O)CCc2ccccn2)c1N. The molecule has 0 aliphatic rings. The normalized spacial score (nSPS) is 11.5. The molecule has 0 atom stereocenters. The Balaban J connectivity index is 2.08. The number of hydrogen-bond donors (Lipinski definition) is 2. The van der Waals surface area contributed by atoms with E-state index in [-0.39, 0.29) is 5.75 Å². The summed E-state index contributed by atoms with van der Waals surface area (Å²) in [5, 5.41) is 4.07. The van der Waals surface area contributed by atoms with Crippen molar-refractivity contribution in [2.45, 2.75) is 13.3 Å². The van der Waals surface area contributed by atoms with E-state index >= 15 is 0 Å². The molecule has 2 rings (SSSR count). The van der Waals surface area contributed by atoms with E-state index in [1.807, 2.05) is 6.07 Å². The summed E-state index contributed by atoms with van der Waals surface area (Å²) in [6.07, 6.45) is 1.98. The van der Waals surface area contributed by atoms with Crippen molar-refractivity contribution in [1.82, 2.24) is 14.8 Å². The van der Waals surface area contributed by atoms with Crippen LogP contribution in [0.2, 0.25) is 0 Å². The van der Waals surface area contributed by atoms with Gasteiger partial charge in [0.1, 0.15) is 0 Å². The molecule has 7 nitrogen and oxygen atoms in total. The Kier molecular flexibility index (Phi) is 3.93. The smallest absolute Gasteiger partial charge is 0.234 e. The largest absolute Gasteiger partial charge is 0.394 e. The van der Waals surface area contributed by atoms with Crippen molar-refractivity contribution in [1.29, 1.82) is 0 Å². The summed E-state index contributed by atoms with van der Waals surface area (Å²) in [6, 6.07) is 5.40. The van der Waals surface area contributed by atoms with Crippen molar-refractivity contribution in [3.63, 3.8) is 0 Å². The average molecular weight is 295 g/mol. The van der Waals surface area contributed by atoms with Gasteiger partial charge >= 0.3 is 0 Å². The lowest BCUT2D eigenvalue weighted by Gasteiger charge is -2.08. The molecule has 2 heterocycles. The van der Waals surface area contributed by atoms with Crippen molar-refractivity contribution in [2.75, 3.05) is 16.2 Å². The lowest BCUT2D eigenvalue weighted by molar-refractivity contribution is 0.599. The molecule has 0 aromatic carbocycles. The van der Waals surface area contributed by atoms with E-state index in [9.17, 15) is 8.42 Å². The van der Waals surface area contributed by atoms with Crippen LogP contribution in [0.4, 0.5) is 11.5 Å². The van der Waals surface area contributed by atoms with Crippen molar-refractivity contribution in [2.24, 2.45) is 7.05 Å². The van der Waals surface area contributed by atoms with Crippen molar-refractivity contribution < 1.29 is 8.42 Å². The van der Waals surface area contributed by atoms with Crippen LogP contribution in [0.15, 0.2) is 24.4 Å². The summed E-state index contributed by atoms with van der Waals surface area (Å²) in [7, 11) is -1.86. The lowest BCUT2D eigenvalue weighted by atomic mass is 10.3. The zero-order valence-electron chi connectivity index (χ0n) is 11.4. The predicted octanol–water partition coefficient (Wildman–Crippen LogP) is 0.690. The van der Waals surface area contributed by atoms with E-state index in [2.05, 4.69) is 14.8 Å². The minimum atomic E-state index is -3.50. The minimum Gasteiger partial charge on any atom is -0.394 e. The lowest BCUT2D eigenvalue weighted by Crippen LogP contribution is -2.20. The third kappa shape index (κ3) is 3.27. The van der Waals surface area contributed by atoms with Crippen LogP contribution in [0.1, 0.15) is 11.4 Å². The van der Waals surface area contributed by atoms with Crippen LogP contribution in [-0.4, -0.2) is 28.9 Å². The number of anilines is 2. The third-order valence-corrected chi connectivity index (χ3v) is 4.12. The molecule has 0 bridgehead atoms. The van der Waals surface area contributed by atoms with Gasteiger partial charge in [0.15, 0.2) is 5.82 Å².